The highest BCUT2D eigenvalue weighted by Gasteiger charge is 2.14. The molecule has 0 radical (unpaired) electrons. The Kier molecular flexibility index (Phi) is 4.25. The summed E-state index contributed by atoms with van der Waals surface area (Å²) in [4.78, 5) is 19.7. The molecule has 94 valence electrons. The highest BCUT2D eigenvalue weighted by Crippen LogP contribution is 2.20. The molecule has 0 fully saturated rings. The van der Waals surface area contributed by atoms with E-state index < -0.39 is 11.9 Å². The van der Waals surface area contributed by atoms with E-state index in [1.165, 1.54) is 0 Å². The number of primary amides is 1. The van der Waals surface area contributed by atoms with Gasteiger partial charge in [-0.3, -0.25) is 4.79 Å². The third-order valence-electron chi connectivity index (χ3n) is 2.53. The van der Waals surface area contributed by atoms with Gasteiger partial charge in [0.1, 0.15) is 23.5 Å². The first-order valence-electron chi connectivity index (χ1n) is 5.60. The van der Waals surface area contributed by atoms with Gasteiger partial charge in [-0.1, -0.05) is 6.92 Å². The van der Waals surface area contributed by atoms with Gasteiger partial charge >= 0.3 is 0 Å². The number of rotatable bonds is 5. The molecule has 0 bridgehead atoms. The van der Waals surface area contributed by atoms with Crippen LogP contribution in [0.3, 0.4) is 0 Å². The van der Waals surface area contributed by atoms with Gasteiger partial charge in [0.15, 0.2) is 0 Å². The quantitative estimate of drug-likeness (QED) is 0.700. The van der Waals surface area contributed by atoms with E-state index in [0.717, 1.165) is 23.6 Å². The van der Waals surface area contributed by atoms with Gasteiger partial charge in [0, 0.05) is 19.0 Å². The van der Waals surface area contributed by atoms with Gasteiger partial charge in [-0.2, -0.15) is 0 Å². The van der Waals surface area contributed by atoms with Crippen LogP contribution in [0.4, 0.5) is 11.6 Å². The second-order valence-electron chi connectivity index (χ2n) is 3.83. The summed E-state index contributed by atoms with van der Waals surface area (Å²) in [5, 5.41) is 6.00. The van der Waals surface area contributed by atoms with Crippen LogP contribution >= 0.6 is 0 Å². The summed E-state index contributed by atoms with van der Waals surface area (Å²) in [5.41, 5.74) is 6.09. The molecule has 1 heterocycles. The van der Waals surface area contributed by atoms with Crippen LogP contribution in [0.1, 0.15) is 25.2 Å². The lowest BCUT2D eigenvalue weighted by Crippen LogP contribution is -2.33. The first-order chi connectivity index (χ1) is 7.99. The molecule has 6 nitrogen and oxygen atoms in total. The van der Waals surface area contributed by atoms with Crippen molar-refractivity contribution in [1.82, 2.24) is 9.97 Å². The Morgan fingerprint density at radius 3 is 2.47 bits per heavy atom. The summed E-state index contributed by atoms with van der Waals surface area (Å²) in [6, 6.07) is -0.460. The zero-order chi connectivity index (χ0) is 13.0. The number of anilines is 2. The maximum Gasteiger partial charge on any atom is 0.239 e. The summed E-state index contributed by atoms with van der Waals surface area (Å²) >= 11 is 0. The van der Waals surface area contributed by atoms with E-state index in [-0.39, 0.29) is 0 Å². The van der Waals surface area contributed by atoms with Crippen LogP contribution in [-0.4, -0.2) is 29.0 Å². The average Bonchev–Trinajstić information content (AvgIpc) is 2.31. The number of nitrogens with two attached hydrogens (primary N) is 1. The number of carbonyl (C=O) groups is 1. The molecule has 0 aliphatic rings. The molecule has 1 rings (SSSR count). The summed E-state index contributed by atoms with van der Waals surface area (Å²) in [6.07, 6.45) is 0.731. The van der Waals surface area contributed by atoms with Crippen molar-refractivity contribution in [1.29, 1.82) is 0 Å². The molecule has 17 heavy (non-hydrogen) atoms. The maximum atomic E-state index is 11.0. The van der Waals surface area contributed by atoms with Crippen molar-refractivity contribution >= 4 is 17.5 Å². The van der Waals surface area contributed by atoms with Gasteiger partial charge in [-0.05, 0) is 13.8 Å². The number of amides is 1. The zero-order valence-electron chi connectivity index (χ0n) is 10.7. The van der Waals surface area contributed by atoms with Crippen LogP contribution in [0, 0.1) is 6.92 Å². The predicted octanol–water partition coefficient (Wildman–Crippen LogP) is 0.675. The Balaban J connectivity index is 3.09. The summed E-state index contributed by atoms with van der Waals surface area (Å²) < 4.78 is 0. The Morgan fingerprint density at radius 2 is 2.00 bits per heavy atom. The van der Waals surface area contributed by atoms with E-state index >= 15 is 0 Å². The smallest absolute Gasteiger partial charge is 0.239 e. The highest BCUT2D eigenvalue weighted by atomic mass is 16.1. The second-order valence-corrected chi connectivity index (χ2v) is 3.83. The minimum Gasteiger partial charge on any atom is -0.373 e. The molecule has 0 aliphatic carbocycles. The topological polar surface area (TPSA) is 92.9 Å². The van der Waals surface area contributed by atoms with Crippen LogP contribution in [-0.2, 0) is 11.2 Å². The number of nitrogens with one attached hydrogen (secondary N) is 2. The first-order valence-corrected chi connectivity index (χ1v) is 5.60. The lowest BCUT2D eigenvalue weighted by Gasteiger charge is -2.16. The van der Waals surface area contributed by atoms with Crippen molar-refractivity contribution in [3.63, 3.8) is 0 Å². The molecule has 0 aromatic carbocycles. The van der Waals surface area contributed by atoms with Gasteiger partial charge in [-0.15, -0.1) is 0 Å². The normalized spacial score (nSPS) is 12.0. The summed E-state index contributed by atoms with van der Waals surface area (Å²) in [6.45, 7) is 5.57. The van der Waals surface area contributed by atoms with Gasteiger partial charge < -0.3 is 16.4 Å². The molecule has 1 aromatic rings. The van der Waals surface area contributed by atoms with Gasteiger partial charge in [0.25, 0.3) is 0 Å². The fraction of sp³-hybridized carbons (Fsp3) is 0.545. The SMILES string of the molecule is CCc1nc(NC)c(C)c(NC(C)C(N)=O)n1. The Bertz CT molecular complexity index is 419. The van der Waals surface area contributed by atoms with Crippen molar-refractivity contribution in [2.45, 2.75) is 33.2 Å². The van der Waals surface area contributed by atoms with Crippen LogP contribution in [0.15, 0.2) is 0 Å². The van der Waals surface area contributed by atoms with E-state index in [1.807, 2.05) is 13.8 Å². The number of carbonyl (C=O) groups excluding carboxylic acids is 1. The molecule has 1 amide bonds. The number of aryl methyl sites for hydroxylation is 1. The standard InChI is InChI=1S/C11H19N5O/c1-5-8-15-10(13-4)6(2)11(16-8)14-7(3)9(12)17/h7H,5H2,1-4H3,(H2,12,17)(H2,13,14,15,16). The largest absolute Gasteiger partial charge is 0.373 e. The van der Waals surface area contributed by atoms with Crippen molar-refractivity contribution in [2.75, 3.05) is 17.7 Å². The Morgan fingerprint density at radius 1 is 1.41 bits per heavy atom. The monoisotopic (exact) mass is 237 g/mol. The van der Waals surface area contributed by atoms with E-state index in [9.17, 15) is 4.79 Å². The Hall–Kier alpha value is -1.85. The van der Waals surface area contributed by atoms with E-state index in [4.69, 9.17) is 5.73 Å². The lowest BCUT2D eigenvalue weighted by molar-refractivity contribution is -0.118. The zero-order valence-corrected chi connectivity index (χ0v) is 10.7. The number of nitrogens with zero attached hydrogens (tertiary/aromatic N) is 2. The molecule has 0 saturated carbocycles. The number of hydrogen-bond donors (Lipinski definition) is 3. The first kappa shape index (κ1) is 13.2. The van der Waals surface area contributed by atoms with Crippen LogP contribution in [0.2, 0.25) is 0 Å². The molecular weight excluding hydrogens is 218 g/mol. The lowest BCUT2D eigenvalue weighted by atomic mass is 10.2. The minimum atomic E-state index is -0.460. The number of aromatic nitrogens is 2. The van der Waals surface area contributed by atoms with E-state index in [1.54, 1.807) is 14.0 Å². The molecule has 1 unspecified atom stereocenters. The maximum absolute atomic E-state index is 11.0. The fourth-order valence-electron chi connectivity index (χ4n) is 1.38. The van der Waals surface area contributed by atoms with Crippen LogP contribution in [0.25, 0.3) is 0 Å². The third kappa shape index (κ3) is 3.05. The number of hydrogen-bond acceptors (Lipinski definition) is 5. The van der Waals surface area contributed by atoms with Crippen molar-refractivity contribution in [3.05, 3.63) is 11.4 Å². The Labute approximate surface area is 101 Å². The average molecular weight is 237 g/mol. The summed E-state index contributed by atoms with van der Waals surface area (Å²) in [7, 11) is 1.80. The van der Waals surface area contributed by atoms with Crippen molar-refractivity contribution in [2.24, 2.45) is 5.73 Å². The van der Waals surface area contributed by atoms with Crippen molar-refractivity contribution in [3.8, 4) is 0 Å². The molecule has 1 atom stereocenters. The van der Waals surface area contributed by atoms with E-state index in [2.05, 4.69) is 20.6 Å². The molecule has 4 N–H and O–H groups in total. The second kappa shape index (κ2) is 5.47. The third-order valence-corrected chi connectivity index (χ3v) is 2.53. The fourth-order valence-corrected chi connectivity index (χ4v) is 1.38. The molecule has 0 saturated heterocycles. The van der Waals surface area contributed by atoms with Crippen molar-refractivity contribution < 1.29 is 4.79 Å². The van der Waals surface area contributed by atoms with Crippen LogP contribution in [0.5, 0.6) is 0 Å². The highest BCUT2D eigenvalue weighted by molar-refractivity contribution is 5.82. The van der Waals surface area contributed by atoms with E-state index in [0.29, 0.717) is 5.82 Å². The van der Waals surface area contributed by atoms with Crippen LogP contribution < -0.4 is 16.4 Å². The molecule has 0 aliphatic heterocycles. The predicted molar refractivity (Wildman–Crippen MR) is 68.0 cm³/mol. The van der Waals surface area contributed by atoms with Gasteiger partial charge in [0.05, 0.1) is 0 Å². The molecule has 1 aromatic heterocycles. The van der Waals surface area contributed by atoms with Gasteiger partial charge in [-0.25, -0.2) is 9.97 Å². The molecule has 6 heteroatoms. The minimum absolute atomic E-state index is 0.410. The summed E-state index contributed by atoms with van der Waals surface area (Å²) in [5.74, 6) is 1.72. The molecular formula is C11H19N5O. The molecule has 0 spiro atoms. The van der Waals surface area contributed by atoms with Gasteiger partial charge in [0.2, 0.25) is 5.91 Å².